The first kappa shape index (κ1) is 17.1. The Morgan fingerprint density at radius 1 is 1.43 bits per heavy atom. The van der Waals surface area contributed by atoms with Crippen molar-refractivity contribution in [2.45, 2.75) is 38.3 Å². The monoisotopic (exact) mass is 323 g/mol. The topological polar surface area (TPSA) is 84.7 Å². The fourth-order valence-electron chi connectivity index (χ4n) is 2.97. The number of nitrogens with two attached hydrogens (primary N) is 1. The maximum absolute atomic E-state index is 14.1. The zero-order valence-electron chi connectivity index (χ0n) is 13.3. The van der Waals surface area contributed by atoms with E-state index in [0.29, 0.717) is 18.7 Å². The number of nitrogens with one attached hydrogen (secondary N) is 1. The summed E-state index contributed by atoms with van der Waals surface area (Å²) < 4.78 is 19.2. The van der Waals surface area contributed by atoms with Gasteiger partial charge in [-0.15, -0.1) is 0 Å². The normalized spacial score (nSPS) is 19.1. The third-order valence-electron chi connectivity index (χ3n) is 4.11. The molecule has 0 spiro atoms. The molecular weight excluding hydrogens is 301 g/mol. The van der Waals surface area contributed by atoms with E-state index in [9.17, 15) is 14.0 Å². The molecule has 0 aliphatic carbocycles. The molecule has 2 atom stereocenters. The van der Waals surface area contributed by atoms with Gasteiger partial charge >= 0.3 is 6.03 Å². The number of halogens is 1. The maximum atomic E-state index is 14.1. The molecule has 0 unspecified atom stereocenters. The average Bonchev–Trinajstić information content (AvgIpc) is 2.54. The second-order valence-electron chi connectivity index (χ2n) is 5.63. The molecule has 1 saturated heterocycles. The van der Waals surface area contributed by atoms with Gasteiger partial charge in [0.05, 0.1) is 18.7 Å². The minimum Gasteiger partial charge on any atom is -0.496 e. The minimum atomic E-state index is -0.610. The van der Waals surface area contributed by atoms with Crippen molar-refractivity contribution in [2.75, 3.05) is 13.7 Å². The van der Waals surface area contributed by atoms with Gasteiger partial charge in [-0.05, 0) is 38.3 Å². The van der Waals surface area contributed by atoms with E-state index < -0.39 is 23.9 Å². The van der Waals surface area contributed by atoms with Crippen LogP contribution in [-0.4, -0.2) is 36.5 Å². The van der Waals surface area contributed by atoms with E-state index in [1.54, 1.807) is 19.1 Å². The Morgan fingerprint density at radius 2 is 2.17 bits per heavy atom. The molecule has 0 saturated carbocycles. The fourth-order valence-corrected chi connectivity index (χ4v) is 2.97. The Bertz CT molecular complexity index is 594. The third kappa shape index (κ3) is 3.72. The number of primary amides is 1. The van der Waals surface area contributed by atoms with Crippen molar-refractivity contribution >= 4 is 11.9 Å². The number of ether oxygens (including phenoxy) is 1. The number of amides is 3. The predicted octanol–water partition coefficient (Wildman–Crippen LogP) is 1.94. The van der Waals surface area contributed by atoms with Crippen molar-refractivity contribution in [3.8, 4) is 5.75 Å². The maximum Gasteiger partial charge on any atom is 0.315 e. The molecule has 1 fully saturated rings. The highest BCUT2D eigenvalue weighted by Gasteiger charge is 2.32. The third-order valence-corrected chi connectivity index (χ3v) is 4.11. The quantitative estimate of drug-likeness (QED) is 0.888. The van der Waals surface area contributed by atoms with Gasteiger partial charge in [0.25, 0.3) is 0 Å². The first-order chi connectivity index (χ1) is 11.0. The van der Waals surface area contributed by atoms with Gasteiger partial charge in [0.15, 0.2) is 0 Å². The Morgan fingerprint density at radius 3 is 2.83 bits per heavy atom. The molecular formula is C16H22FN3O3. The van der Waals surface area contributed by atoms with Crippen molar-refractivity contribution in [3.05, 3.63) is 29.6 Å². The summed E-state index contributed by atoms with van der Waals surface area (Å²) in [6, 6.07) is 2.69. The lowest BCUT2D eigenvalue weighted by atomic mass is 10.0. The number of hydrogen-bond donors (Lipinski definition) is 2. The fraction of sp³-hybridized carbons (Fsp3) is 0.500. The van der Waals surface area contributed by atoms with Crippen LogP contribution >= 0.6 is 0 Å². The Balaban J connectivity index is 2.15. The SMILES string of the molecule is COc1cccc(F)c1[C@H](C)NC(=O)[C@H]1CCCCN1C(N)=O. The second kappa shape index (κ2) is 7.30. The number of methoxy groups -OCH3 is 1. The van der Waals surface area contributed by atoms with E-state index in [1.165, 1.54) is 18.1 Å². The average molecular weight is 323 g/mol. The number of likely N-dealkylation sites (tertiary alicyclic amines) is 1. The smallest absolute Gasteiger partial charge is 0.315 e. The van der Waals surface area contributed by atoms with Gasteiger partial charge in [-0.1, -0.05) is 6.07 Å². The zero-order valence-corrected chi connectivity index (χ0v) is 13.3. The van der Waals surface area contributed by atoms with Crippen LogP contribution in [0.25, 0.3) is 0 Å². The number of benzene rings is 1. The van der Waals surface area contributed by atoms with E-state index in [-0.39, 0.29) is 11.5 Å². The van der Waals surface area contributed by atoms with Crippen LogP contribution in [0.2, 0.25) is 0 Å². The molecule has 1 heterocycles. The number of carbonyl (C=O) groups excluding carboxylic acids is 2. The minimum absolute atomic E-state index is 0.282. The van der Waals surface area contributed by atoms with Gasteiger partial charge in [0.2, 0.25) is 5.91 Å². The largest absolute Gasteiger partial charge is 0.496 e. The second-order valence-corrected chi connectivity index (χ2v) is 5.63. The first-order valence-corrected chi connectivity index (χ1v) is 7.64. The van der Waals surface area contributed by atoms with Crippen LogP contribution < -0.4 is 15.8 Å². The number of hydrogen-bond acceptors (Lipinski definition) is 3. The van der Waals surface area contributed by atoms with Crippen molar-refractivity contribution in [1.29, 1.82) is 0 Å². The van der Waals surface area contributed by atoms with Crippen molar-refractivity contribution in [3.63, 3.8) is 0 Å². The van der Waals surface area contributed by atoms with E-state index in [4.69, 9.17) is 10.5 Å². The first-order valence-electron chi connectivity index (χ1n) is 7.64. The molecule has 1 aromatic rings. The predicted molar refractivity (Wildman–Crippen MR) is 83.4 cm³/mol. The molecule has 0 radical (unpaired) electrons. The highest BCUT2D eigenvalue weighted by Crippen LogP contribution is 2.28. The molecule has 126 valence electrons. The zero-order chi connectivity index (χ0) is 17.0. The lowest BCUT2D eigenvalue weighted by Crippen LogP contribution is -2.53. The lowest BCUT2D eigenvalue weighted by Gasteiger charge is -2.34. The van der Waals surface area contributed by atoms with E-state index in [0.717, 1.165) is 12.8 Å². The van der Waals surface area contributed by atoms with Gasteiger partial charge in [-0.3, -0.25) is 4.79 Å². The van der Waals surface area contributed by atoms with Crippen LogP contribution in [0.1, 0.15) is 37.8 Å². The molecule has 7 heteroatoms. The lowest BCUT2D eigenvalue weighted by molar-refractivity contribution is -0.127. The van der Waals surface area contributed by atoms with E-state index >= 15 is 0 Å². The van der Waals surface area contributed by atoms with Gasteiger partial charge in [-0.25, -0.2) is 9.18 Å². The molecule has 3 N–H and O–H groups in total. The highest BCUT2D eigenvalue weighted by molar-refractivity contribution is 5.87. The summed E-state index contributed by atoms with van der Waals surface area (Å²) in [7, 11) is 1.45. The summed E-state index contributed by atoms with van der Waals surface area (Å²) in [6.07, 6.45) is 2.22. The molecule has 0 aromatic heterocycles. The summed E-state index contributed by atoms with van der Waals surface area (Å²) in [5.41, 5.74) is 5.62. The standard InChI is InChI=1S/C16H22FN3O3/c1-10(14-11(17)6-5-8-13(14)23-2)19-15(21)12-7-3-4-9-20(12)16(18)22/h5-6,8,10,12H,3-4,7,9H2,1-2H3,(H2,18,22)(H,19,21)/t10-,12+/m0/s1. The molecule has 23 heavy (non-hydrogen) atoms. The number of nitrogens with zero attached hydrogens (tertiary/aromatic N) is 1. The number of urea groups is 1. The molecule has 1 aliphatic heterocycles. The number of rotatable bonds is 4. The Hall–Kier alpha value is -2.31. The number of piperidine rings is 1. The molecule has 1 aliphatic rings. The highest BCUT2D eigenvalue weighted by atomic mass is 19.1. The Kier molecular flexibility index (Phi) is 5.41. The van der Waals surface area contributed by atoms with Crippen LogP contribution in [0.3, 0.4) is 0 Å². The summed E-state index contributed by atoms with van der Waals surface area (Å²) in [6.45, 7) is 2.14. The van der Waals surface area contributed by atoms with Gasteiger partial charge in [0.1, 0.15) is 17.6 Å². The summed E-state index contributed by atoms with van der Waals surface area (Å²) in [4.78, 5) is 25.3. The van der Waals surface area contributed by atoms with Crippen LogP contribution in [0.5, 0.6) is 5.75 Å². The summed E-state index contributed by atoms with van der Waals surface area (Å²) >= 11 is 0. The summed E-state index contributed by atoms with van der Waals surface area (Å²) in [5.74, 6) is -0.415. The molecule has 1 aromatic carbocycles. The van der Waals surface area contributed by atoms with Crippen LogP contribution in [0, 0.1) is 5.82 Å². The molecule has 3 amide bonds. The van der Waals surface area contributed by atoms with E-state index in [2.05, 4.69) is 5.32 Å². The van der Waals surface area contributed by atoms with Gasteiger partial charge in [0, 0.05) is 6.54 Å². The summed E-state index contributed by atoms with van der Waals surface area (Å²) in [5, 5.41) is 2.76. The number of carbonyl (C=O) groups is 2. The Labute approximate surface area is 134 Å². The van der Waals surface area contributed by atoms with Crippen molar-refractivity contribution in [2.24, 2.45) is 5.73 Å². The van der Waals surface area contributed by atoms with Crippen LogP contribution in [0.15, 0.2) is 18.2 Å². The van der Waals surface area contributed by atoms with Crippen molar-refractivity contribution < 1.29 is 18.7 Å². The molecule has 0 bridgehead atoms. The van der Waals surface area contributed by atoms with E-state index in [1.807, 2.05) is 0 Å². The molecule has 6 nitrogen and oxygen atoms in total. The van der Waals surface area contributed by atoms with Crippen molar-refractivity contribution in [1.82, 2.24) is 10.2 Å². The van der Waals surface area contributed by atoms with Crippen LogP contribution in [0.4, 0.5) is 9.18 Å². The molecule has 2 rings (SSSR count). The van der Waals surface area contributed by atoms with Crippen LogP contribution in [-0.2, 0) is 4.79 Å². The van der Waals surface area contributed by atoms with Gasteiger partial charge < -0.3 is 20.7 Å². The van der Waals surface area contributed by atoms with Gasteiger partial charge in [-0.2, -0.15) is 0 Å².